The zero-order valence-electron chi connectivity index (χ0n) is 14.2. The van der Waals surface area contributed by atoms with Crippen molar-refractivity contribution in [2.75, 3.05) is 22.1 Å². The molecule has 0 atom stereocenters. The topological polar surface area (TPSA) is 84.2 Å². The van der Waals surface area contributed by atoms with Crippen LogP contribution in [-0.4, -0.2) is 28.5 Å². The van der Waals surface area contributed by atoms with E-state index in [1.54, 1.807) is 13.0 Å². The summed E-state index contributed by atoms with van der Waals surface area (Å²) in [6, 6.07) is 5.70. The third kappa shape index (κ3) is 5.13. The van der Waals surface area contributed by atoms with E-state index in [0.29, 0.717) is 11.6 Å². The van der Waals surface area contributed by atoms with Crippen LogP contribution in [0.3, 0.4) is 0 Å². The number of nitrogens with zero attached hydrogens (tertiary/aromatic N) is 1. The summed E-state index contributed by atoms with van der Waals surface area (Å²) in [5, 5.41) is 9.21. The number of hydrogen-bond donors (Lipinski definition) is 2. The first-order chi connectivity index (χ1) is 11.3. The maximum atomic E-state index is 12.1. The van der Waals surface area contributed by atoms with Gasteiger partial charge in [0.2, 0.25) is 11.8 Å². The zero-order chi connectivity index (χ0) is 17.7. The smallest absolute Gasteiger partial charge is 0.235 e. The zero-order valence-corrected chi connectivity index (χ0v) is 15.0. The van der Waals surface area contributed by atoms with Gasteiger partial charge in [-0.3, -0.25) is 9.59 Å². The lowest BCUT2D eigenvalue weighted by molar-refractivity contribution is -0.114. The summed E-state index contributed by atoms with van der Waals surface area (Å²) in [7, 11) is 0. The van der Waals surface area contributed by atoms with Gasteiger partial charge in [-0.1, -0.05) is 22.9 Å². The fraction of sp³-hybridized carbons (Fsp3) is 0.353. The van der Waals surface area contributed by atoms with Gasteiger partial charge in [0.05, 0.1) is 11.5 Å². The number of benzene rings is 1. The molecule has 1 aromatic heterocycles. The van der Waals surface area contributed by atoms with Crippen molar-refractivity contribution >= 4 is 35.1 Å². The van der Waals surface area contributed by atoms with Crippen LogP contribution in [0.1, 0.15) is 22.5 Å². The van der Waals surface area contributed by atoms with Crippen molar-refractivity contribution in [3.63, 3.8) is 0 Å². The molecule has 0 aliphatic carbocycles. The van der Waals surface area contributed by atoms with Crippen LogP contribution in [0.15, 0.2) is 22.7 Å². The lowest BCUT2D eigenvalue weighted by Gasteiger charge is -2.12. The van der Waals surface area contributed by atoms with Gasteiger partial charge in [-0.2, -0.15) is 0 Å². The van der Waals surface area contributed by atoms with Crippen molar-refractivity contribution in [2.45, 2.75) is 27.7 Å². The molecule has 0 saturated carbocycles. The van der Waals surface area contributed by atoms with Gasteiger partial charge >= 0.3 is 0 Å². The first-order valence-corrected chi connectivity index (χ1v) is 8.69. The molecule has 2 aromatic rings. The Hall–Kier alpha value is -2.28. The summed E-state index contributed by atoms with van der Waals surface area (Å²) < 4.78 is 4.87. The summed E-state index contributed by atoms with van der Waals surface area (Å²) in [5.74, 6) is 1.04. The van der Waals surface area contributed by atoms with E-state index in [1.165, 1.54) is 11.8 Å². The maximum Gasteiger partial charge on any atom is 0.235 e. The van der Waals surface area contributed by atoms with Gasteiger partial charge < -0.3 is 15.2 Å². The molecule has 2 N–H and O–H groups in total. The number of amides is 2. The highest BCUT2D eigenvalue weighted by Crippen LogP contribution is 2.22. The number of aryl methyl sites for hydroxylation is 4. The highest BCUT2D eigenvalue weighted by atomic mass is 32.2. The highest BCUT2D eigenvalue weighted by Gasteiger charge is 2.11. The minimum atomic E-state index is -0.219. The minimum Gasteiger partial charge on any atom is -0.360 e. The first kappa shape index (κ1) is 18.1. The van der Waals surface area contributed by atoms with Crippen LogP contribution in [-0.2, 0) is 9.59 Å². The Morgan fingerprint density at radius 1 is 1.00 bits per heavy atom. The van der Waals surface area contributed by atoms with Gasteiger partial charge in [0, 0.05) is 11.8 Å². The largest absolute Gasteiger partial charge is 0.360 e. The average Bonchev–Trinajstić information content (AvgIpc) is 2.88. The molecule has 0 spiro atoms. The second-order valence-electron chi connectivity index (χ2n) is 5.69. The normalized spacial score (nSPS) is 10.5. The molecule has 0 aliphatic rings. The second-order valence-corrected chi connectivity index (χ2v) is 6.67. The molecule has 0 unspecified atom stereocenters. The fourth-order valence-electron chi connectivity index (χ4n) is 2.39. The Morgan fingerprint density at radius 2 is 1.58 bits per heavy atom. The molecule has 0 radical (unpaired) electrons. The molecule has 6 nitrogen and oxygen atoms in total. The van der Waals surface area contributed by atoms with Crippen LogP contribution in [0.4, 0.5) is 11.5 Å². The lowest BCUT2D eigenvalue weighted by atomic mass is 10.1. The molecule has 2 rings (SSSR count). The Balaban J connectivity index is 1.78. The molecule has 128 valence electrons. The Bertz CT molecular complexity index is 732. The molecule has 7 heteroatoms. The average molecular weight is 347 g/mol. The number of carbonyl (C=O) groups excluding carboxylic acids is 2. The third-order valence-electron chi connectivity index (χ3n) is 3.30. The number of rotatable bonds is 6. The van der Waals surface area contributed by atoms with Crippen LogP contribution < -0.4 is 10.6 Å². The number of nitrogens with one attached hydrogen (secondary N) is 2. The van der Waals surface area contributed by atoms with Gasteiger partial charge in [-0.25, -0.2) is 0 Å². The van der Waals surface area contributed by atoms with Crippen LogP contribution in [0.2, 0.25) is 0 Å². The van der Waals surface area contributed by atoms with Crippen molar-refractivity contribution in [1.82, 2.24) is 5.16 Å². The van der Waals surface area contributed by atoms with E-state index in [1.807, 2.05) is 32.9 Å². The molecular formula is C17H21N3O3S. The van der Waals surface area contributed by atoms with Gasteiger partial charge in [0.1, 0.15) is 5.76 Å². The molecule has 1 heterocycles. The molecule has 1 aromatic carbocycles. The van der Waals surface area contributed by atoms with Crippen LogP contribution in [0.25, 0.3) is 0 Å². The maximum absolute atomic E-state index is 12.1. The van der Waals surface area contributed by atoms with Crippen molar-refractivity contribution in [3.05, 3.63) is 40.6 Å². The van der Waals surface area contributed by atoms with Crippen LogP contribution in [0.5, 0.6) is 0 Å². The van der Waals surface area contributed by atoms with E-state index in [4.69, 9.17) is 4.52 Å². The molecule has 24 heavy (non-hydrogen) atoms. The minimum absolute atomic E-state index is 0.125. The Kier molecular flexibility index (Phi) is 6.03. The number of carbonyl (C=O) groups is 2. The van der Waals surface area contributed by atoms with Crippen molar-refractivity contribution < 1.29 is 14.1 Å². The van der Waals surface area contributed by atoms with Crippen LogP contribution >= 0.6 is 11.8 Å². The molecule has 0 fully saturated rings. The number of aromatic nitrogens is 1. The Morgan fingerprint density at radius 3 is 2.12 bits per heavy atom. The summed E-state index contributed by atoms with van der Waals surface area (Å²) >= 11 is 1.25. The standard InChI is InChI=1S/C17H21N3O3S/c1-10-5-11(2)17(12(3)6-10)19-16(22)9-24-8-15(21)18-14-7-13(4)23-20-14/h5-7H,8-9H2,1-4H3,(H,19,22)(H,18,20,21). The van der Waals surface area contributed by atoms with Crippen molar-refractivity contribution in [2.24, 2.45) is 0 Å². The predicted molar refractivity (Wildman–Crippen MR) is 96.5 cm³/mol. The van der Waals surface area contributed by atoms with E-state index < -0.39 is 0 Å². The number of thioether (sulfide) groups is 1. The fourth-order valence-corrected chi connectivity index (χ4v) is 3.01. The number of anilines is 2. The Labute approximate surface area is 145 Å². The second kappa shape index (κ2) is 8.01. The van der Waals surface area contributed by atoms with E-state index in [0.717, 1.165) is 22.4 Å². The van der Waals surface area contributed by atoms with Crippen LogP contribution in [0, 0.1) is 27.7 Å². The molecule has 0 aliphatic heterocycles. The summed E-state index contributed by atoms with van der Waals surface area (Å²) in [4.78, 5) is 23.8. The first-order valence-electron chi connectivity index (χ1n) is 7.54. The molecule has 2 amide bonds. The summed E-state index contributed by atoms with van der Waals surface area (Å²) in [6.45, 7) is 7.71. The number of hydrogen-bond acceptors (Lipinski definition) is 5. The predicted octanol–water partition coefficient (Wildman–Crippen LogP) is 3.22. The van der Waals surface area contributed by atoms with Crippen molar-refractivity contribution in [3.8, 4) is 0 Å². The molecular weight excluding hydrogens is 326 g/mol. The molecule has 0 bridgehead atoms. The third-order valence-corrected chi connectivity index (χ3v) is 4.24. The lowest BCUT2D eigenvalue weighted by Crippen LogP contribution is -2.19. The quantitative estimate of drug-likeness (QED) is 0.838. The van der Waals surface area contributed by atoms with E-state index in [9.17, 15) is 9.59 Å². The van der Waals surface area contributed by atoms with Gasteiger partial charge in [0.15, 0.2) is 5.82 Å². The van der Waals surface area contributed by atoms with E-state index >= 15 is 0 Å². The SMILES string of the molecule is Cc1cc(C)c(NC(=O)CSCC(=O)Nc2cc(C)on2)c(C)c1. The summed E-state index contributed by atoms with van der Waals surface area (Å²) in [5.41, 5.74) is 4.07. The van der Waals surface area contributed by atoms with E-state index in [2.05, 4.69) is 15.8 Å². The van der Waals surface area contributed by atoms with Gasteiger partial charge in [-0.05, 0) is 38.8 Å². The molecule has 0 saturated heterocycles. The summed E-state index contributed by atoms with van der Waals surface area (Å²) in [6.07, 6.45) is 0. The van der Waals surface area contributed by atoms with Gasteiger partial charge in [-0.15, -0.1) is 11.8 Å². The van der Waals surface area contributed by atoms with E-state index in [-0.39, 0.29) is 23.3 Å². The highest BCUT2D eigenvalue weighted by molar-refractivity contribution is 8.00. The van der Waals surface area contributed by atoms with Crippen molar-refractivity contribution in [1.29, 1.82) is 0 Å². The monoisotopic (exact) mass is 347 g/mol. The van der Waals surface area contributed by atoms with Gasteiger partial charge in [0.25, 0.3) is 0 Å².